The summed E-state index contributed by atoms with van der Waals surface area (Å²) in [5.74, 6) is -0.119. The minimum absolute atomic E-state index is 0.0255. The predicted molar refractivity (Wildman–Crippen MR) is 79.9 cm³/mol. The molecule has 0 unspecified atom stereocenters. The van der Waals surface area contributed by atoms with Gasteiger partial charge in [-0.2, -0.15) is 0 Å². The van der Waals surface area contributed by atoms with Gasteiger partial charge >= 0.3 is 0 Å². The third-order valence-electron chi connectivity index (χ3n) is 4.13. The molecule has 0 saturated heterocycles. The van der Waals surface area contributed by atoms with Crippen LogP contribution in [0.25, 0.3) is 0 Å². The van der Waals surface area contributed by atoms with Gasteiger partial charge in [-0.1, -0.05) is 30.5 Å². The van der Waals surface area contributed by atoms with Crippen molar-refractivity contribution in [3.05, 3.63) is 30.1 Å². The van der Waals surface area contributed by atoms with E-state index in [2.05, 4.69) is 15.5 Å². The minimum atomic E-state index is -0.850. The lowest BCUT2D eigenvalue weighted by atomic mass is 9.72. The van der Waals surface area contributed by atoms with E-state index >= 15 is 0 Å². The number of rotatable bonds is 5. The van der Waals surface area contributed by atoms with Gasteiger partial charge in [0.2, 0.25) is 5.91 Å². The first-order valence-electron chi connectivity index (χ1n) is 7.35. The lowest BCUT2D eigenvalue weighted by Crippen LogP contribution is -2.51. The monoisotopic (exact) mass is 290 g/mol. The van der Waals surface area contributed by atoms with Gasteiger partial charge in [-0.25, -0.2) is 0 Å². The van der Waals surface area contributed by atoms with Gasteiger partial charge in [0.05, 0.1) is 0 Å². The Morgan fingerprint density at radius 3 is 2.76 bits per heavy atom. The van der Waals surface area contributed by atoms with Gasteiger partial charge < -0.3 is 16.3 Å². The van der Waals surface area contributed by atoms with E-state index in [1.807, 2.05) is 18.2 Å². The second-order valence-corrected chi connectivity index (χ2v) is 5.45. The van der Waals surface area contributed by atoms with E-state index in [1.54, 1.807) is 6.20 Å². The molecule has 1 aromatic rings. The molecular formula is C15H22N4O2. The summed E-state index contributed by atoms with van der Waals surface area (Å²) >= 11 is 0. The van der Waals surface area contributed by atoms with Crippen molar-refractivity contribution in [2.24, 2.45) is 16.3 Å². The van der Waals surface area contributed by atoms with Gasteiger partial charge in [-0.05, 0) is 25.0 Å². The van der Waals surface area contributed by atoms with Crippen LogP contribution in [0.4, 0.5) is 0 Å². The summed E-state index contributed by atoms with van der Waals surface area (Å²) in [5, 5.41) is 15.0. The molecule has 1 aliphatic carbocycles. The zero-order chi connectivity index (χ0) is 15.1. The Hall–Kier alpha value is -2.11. The number of oxime groups is 1. The lowest BCUT2D eigenvalue weighted by Gasteiger charge is -2.34. The van der Waals surface area contributed by atoms with Gasteiger partial charge in [-0.15, -0.1) is 0 Å². The molecule has 1 heterocycles. The lowest BCUT2D eigenvalue weighted by molar-refractivity contribution is -0.129. The maximum atomic E-state index is 12.5. The molecule has 0 radical (unpaired) electrons. The van der Waals surface area contributed by atoms with E-state index in [1.165, 1.54) is 0 Å². The number of carbonyl (C=O) groups is 1. The minimum Gasteiger partial charge on any atom is -0.409 e. The van der Waals surface area contributed by atoms with Crippen LogP contribution in [0.1, 0.15) is 37.8 Å². The van der Waals surface area contributed by atoms with Crippen LogP contribution in [0.3, 0.4) is 0 Å². The van der Waals surface area contributed by atoms with Crippen molar-refractivity contribution in [1.82, 2.24) is 10.3 Å². The Morgan fingerprint density at radius 2 is 2.14 bits per heavy atom. The molecule has 1 aliphatic rings. The Kier molecular flexibility index (Phi) is 5.14. The summed E-state index contributed by atoms with van der Waals surface area (Å²) in [6.45, 7) is 0.496. The molecule has 4 N–H and O–H groups in total. The molecule has 114 valence electrons. The van der Waals surface area contributed by atoms with Crippen molar-refractivity contribution in [3.8, 4) is 0 Å². The Labute approximate surface area is 124 Å². The summed E-state index contributed by atoms with van der Waals surface area (Å²) in [6, 6.07) is 5.70. The Balaban J connectivity index is 1.96. The van der Waals surface area contributed by atoms with Crippen molar-refractivity contribution in [2.75, 3.05) is 6.54 Å². The first kappa shape index (κ1) is 15.3. The molecule has 0 atom stereocenters. The second-order valence-electron chi connectivity index (χ2n) is 5.45. The summed E-state index contributed by atoms with van der Waals surface area (Å²) < 4.78 is 0. The molecule has 1 amide bonds. The average Bonchev–Trinajstić information content (AvgIpc) is 2.55. The van der Waals surface area contributed by atoms with Crippen LogP contribution >= 0.6 is 0 Å². The van der Waals surface area contributed by atoms with E-state index in [4.69, 9.17) is 10.9 Å². The van der Waals surface area contributed by atoms with Crippen LogP contribution in [-0.2, 0) is 11.2 Å². The fourth-order valence-electron chi connectivity index (χ4n) is 2.87. The molecule has 0 aromatic carbocycles. The van der Waals surface area contributed by atoms with E-state index in [0.29, 0.717) is 25.8 Å². The first-order chi connectivity index (χ1) is 10.2. The highest BCUT2D eigenvalue weighted by Crippen LogP contribution is 2.36. The molecular weight excluding hydrogens is 268 g/mol. The molecule has 2 rings (SSSR count). The number of carbonyl (C=O) groups excluding carboxylic acids is 1. The number of amides is 1. The van der Waals surface area contributed by atoms with E-state index < -0.39 is 5.41 Å². The standard InChI is InChI=1S/C15H22N4O2/c16-13(19-21)15(8-3-1-4-9-15)14(20)18-11-7-12-6-2-5-10-17-12/h2,5-6,10,21H,1,3-4,7-9,11H2,(H2,16,19)(H,18,20). The van der Waals surface area contributed by atoms with Crippen molar-refractivity contribution in [2.45, 2.75) is 38.5 Å². The molecule has 1 fully saturated rings. The number of nitrogens with two attached hydrogens (primary N) is 1. The number of hydrogen-bond acceptors (Lipinski definition) is 4. The Morgan fingerprint density at radius 1 is 1.38 bits per heavy atom. The fourth-order valence-corrected chi connectivity index (χ4v) is 2.87. The highest BCUT2D eigenvalue weighted by atomic mass is 16.4. The summed E-state index contributed by atoms with van der Waals surface area (Å²) in [6.07, 6.45) is 6.60. The van der Waals surface area contributed by atoms with Gasteiger partial charge in [0, 0.05) is 24.9 Å². The van der Waals surface area contributed by atoms with Crippen molar-refractivity contribution >= 4 is 11.7 Å². The first-order valence-corrected chi connectivity index (χ1v) is 7.35. The van der Waals surface area contributed by atoms with E-state index in [9.17, 15) is 4.79 Å². The van der Waals surface area contributed by atoms with Crippen molar-refractivity contribution in [1.29, 1.82) is 0 Å². The third-order valence-corrected chi connectivity index (χ3v) is 4.13. The summed E-state index contributed by atoms with van der Waals surface area (Å²) in [4.78, 5) is 16.7. The average molecular weight is 290 g/mol. The number of amidine groups is 1. The molecule has 6 nitrogen and oxygen atoms in total. The van der Waals surface area contributed by atoms with Gasteiger partial charge in [0.25, 0.3) is 0 Å². The van der Waals surface area contributed by atoms with Crippen LogP contribution in [0.5, 0.6) is 0 Å². The normalized spacial score (nSPS) is 18.2. The van der Waals surface area contributed by atoms with Crippen LogP contribution in [-0.4, -0.2) is 28.5 Å². The van der Waals surface area contributed by atoms with Gasteiger partial charge in [0.1, 0.15) is 5.41 Å². The molecule has 1 aromatic heterocycles. The van der Waals surface area contributed by atoms with Crippen molar-refractivity contribution < 1.29 is 10.0 Å². The summed E-state index contributed by atoms with van der Waals surface area (Å²) in [5.41, 5.74) is 5.87. The SMILES string of the molecule is NC(=NO)C1(C(=O)NCCc2ccccn2)CCCCC1. The molecule has 0 spiro atoms. The number of nitrogens with zero attached hydrogens (tertiary/aromatic N) is 2. The third kappa shape index (κ3) is 3.51. The number of pyridine rings is 1. The highest BCUT2D eigenvalue weighted by molar-refractivity contribution is 6.06. The number of nitrogens with one attached hydrogen (secondary N) is 1. The maximum absolute atomic E-state index is 12.5. The quantitative estimate of drug-likeness (QED) is 0.330. The van der Waals surface area contributed by atoms with Crippen LogP contribution in [0, 0.1) is 5.41 Å². The van der Waals surface area contributed by atoms with Crippen molar-refractivity contribution in [3.63, 3.8) is 0 Å². The molecule has 21 heavy (non-hydrogen) atoms. The smallest absolute Gasteiger partial charge is 0.233 e. The van der Waals surface area contributed by atoms with Crippen LogP contribution < -0.4 is 11.1 Å². The molecule has 0 bridgehead atoms. The second kappa shape index (κ2) is 7.06. The van der Waals surface area contributed by atoms with Gasteiger partial charge in [-0.3, -0.25) is 9.78 Å². The zero-order valence-electron chi connectivity index (χ0n) is 12.1. The predicted octanol–water partition coefficient (Wildman–Crippen LogP) is 1.44. The topological polar surface area (TPSA) is 101 Å². The molecule has 0 aliphatic heterocycles. The van der Waals surface area contributed by atoms with E-state index in [0.717, 1.165) is 25.0 Å². The van der Waals surface area contributed by atoms with Crippen LogP contribution in [0.15, 0.2) is 29.6 Å². The Bertz CT molecular complexity index is 496. The highest BCUT2D eigenvalue weighted by Gasteiger charge is 2.43. The number of aromatic nitrogens is 1. The molecule has 6 heteroatoms. The van der Waals surface area contributed by atoms with Gasteiger partial charge in [0.15, 0.2) is 5.84 Å². The fraction of sp³-hybridized carbons (Fsp3) is 0.533. The molecule has 1 saturated carbocycles. The summed E-state index contributed by atoms with van der Waals surface area (Å²) in [7, 11) is 0. The maximum Gasteiger partial charge on any atom is 0.233 e. The number of hydrogen-bond donors (Lipinski definition) is 3. The largest absolute Gasteiger partial charge is 0.409 e. The van der Waals surface area contributed by atoms with E-state index in [-0.39, 0.29) is 11.7 Å². The van der Waals surface area contributed by atoms with Crippen LogP contribution in [0.2, 0.25) is 0 Å². The zero-order valence-corrected chi connectivity index (χ0v) is 12.1.